The highest BCUT2D eigenvalue weighted by Crippen LogP contribution is 2.40. The minimum absolute atomic E-state index is 0.107. The van der Waals surface area contributed by atoms with Crippen LogP contribution in [-0.4, -0.2) is 30.3 Å². The van der Waals surface area contributed by atoms with E-state index in [4.69, 9.17) is 11.6 Å². The van der Waals surface area contributed by atoms with Gasteiger partial charge in [-0.25, -0.2) is 0 Å². The minimum Gasteiger partial charge on any atom is -0.393 e. The molecule has 1 aliphatic carbocycles. The molecule has 2 fully saturated rings. The summed E-state index contributed by atoms with van der Waals surface area (Å²) in [6.45, 7) is 7.18. The van der Waals surface area contributed by atoms with E-state index in [1.165, 1.54) is 11.3 Å². The fourth-order valence-electron chi connectivity index (χ4n) is 3.75. The zero-order chi connectivity index (χ0) is 15.0. The average Bonchev–Trinajstić information content (AvgIpc) is 2.99. The van der Waals surface area contributed by atoms with E-state index in [0.29, 0.717) is 17.9 Å². The third-order valence-corrected chi connectivity index (χ3v) is 5.14. The summed E-state index contributed by atoms with van der Waals surface area (Å²) in [5, 5.41) is 14.4. The van der Waals surface area contributed by atoms with Crippen LogP contribution < -0.4 is 10.2 Å². The normalized spacial score (nSPS) is 28.4. The number of fused-ring (bicyclic) bond motifs is 1. The minimum atomic E-state index is -0.107. The van der Waals surface area contributed by atoms with E-state index >= 15 is 0 Å². The van der Waals surface area contributed by atoms with Gasteiger partial charge in [0.25, 0.3) is 0 Å². The van der Waals surface area contributed by atoms with E-state index in [1.54, 1.807) is 0 Å². The highest BCUT2D eigenvalue weighted by atomic mass is 35.5. The van der Waals surface area contributed by atoms with E-state index in [1.807, 2.05) is 6.07 Å². The summed E-state index contributed by atoms with van der Waals surface area (Å²) in [5.74, 6) is 1.10. The van der Waals surface area contributed by atoms with Crippen LogP contribution in [0, 0.1) is 11.8 Å². The summed E-state index contributed by atoms with van der Waals surface area (Å²) in [4.78, 5) is 2.44. The lowest BCUT2D eigenvalue weighted by atomic mass is 10.00. The average molecular weight is 309 g/mol. The third-order valence-electron chi connectivity index (χ3n) is 4.90. The molecule has 0 aromatic heterocycles. The molecule has 0 amide bonds. The van der Waals surface area contributed by atoms with E-state index in [-0.39, 0.29) is 6.10 Å². The number of hydrogen-bond acceptors (Lipinski definition) is 3. The summed E-state index contributed by atoms with van der Waals surface area (Å²) >= 11 is 6.17. The Morgan fingerprint density at radius 2 is 2.14 bits per heavy atom. The van der Waals surface area contributed by atoms with Gasteiger partial charge in [0.2, 0.25) is 0 Å². The molecule has 0 radical (unpaired) electrons. The van der Waals surface area contributed by atoms with E-state index < -0.39 is 0 Å². The summed E-state index contributed by atoms with van der Waals surface area (Å²) in [6.07, 6.45) is 2.03. The lowest BCUT2D eigenvalue weighted by Gasteiger charge is -2.24. The van der Waals surface area contributed by atoms with Crippen molar-refractivity contribution in [2.45, 2.75) is 45.4 Å². The molecule has 21 heavy (non-hydrogen) atoms. The molecule has 1 aromatic carbocycles. The van der Waals surface area contributed by atoms with Gasteiger partial charge >= 0.3 is 0 Å². The maximum atomic E-state index is 10.1. The topological polar surface area (TPSA) is 35.5 Å². The van der Waals surface area contributed by atoms with Crippen molar-refractivity contribution in [3.8, 4) is 0 Å². The first-order valence-corrected chi connectivity index (χ1v) is 8.37. The van der Waals surface area contributed by atoms with Crippen molar-refractivity contribution < 1.29 is 5.11 Å². The van der Waals surface area contributed by atoms with Crippen LogP contribution in [0.25, 0.3) is 0 Å². The Bertz CT molecular complexity index is 506. The van der Waals surface area contributed by atoms with Gasteiger partial charge in [0.1, 0.15) is 0 Å². The van der Waals surface area contributed by atoms with Crippen LogP contribution in [0.5, 0.6) is 0 Å². The van der Waals surface area contributed by atoms with Crippen molar-refractivity contribution in [1.82, 2.24) is 5.32 Å². The van der Waals surface area contributed by atoms with Gasteiger partial charge in [0.15, 0.2) is 0 Å². The predicted molar refractivity (Wildman–Crippen MR) is 87.9 cm³/mol. The van der Waals surface area contributed by atoms with Crippen LogP contribution in [0.2, 0.25) is 5.02 Å². The Labute approximate surface area is 132 Å². The molecular weight excluding hydrogens is 284 g/mol. The summed E-state index contributed by atoms with van der Waals surface area (Å²) in [5.41, 5.74) is 2.53. The van der Waals surface area contributed by atoms with E-state index in [9.17, 15) is 5.11 Å². The number of aliphatic hydroxyl groups is 1. The number of hydrogen-bond donors (Lipinski definition) is 2. The lowest BCUT2D eigenvalue weighted by Crippen LogP contribution is -2.27. The van der Waals surface area contributed by atoms with Crippen LogP contribution >= 0.6 is 11.6 Å². The number of anilines is 1. The second-order valence-electron chi connectivity index (χ2n) is 6.78. The van der Waals surface area contributed by atoms with Crippen molar-refractivity contribution in [3.63, 3.8) is 0 Å². The Balaban J connectivity index is 1.78. The van der Waals surface area contributed by atoms with Crippen LogP contribution in [0.3, 0.4) is 0 Å². The Hall–Kier alpha value is -0.770. The lowest BCUT2D eigenvalue weighted by molar-refractivity contribution is 0.133. The molecule has 2 aliphatic rings. The standard InChI is InChI=1S/C17H25ClN2O/c1-11(2)19-8-13-7-14(18)4-5-16(13)20-9-12-3-6-17(21)15(12)10-20/h4-5,7,11-12,15,17,19,21H,3,6,8-10H2,1-2H3. The summed E-state index contributed by atoms with van der Waals surface area (Å²) < 4.78 is 0. The van der Waals surface area contributed by atoms with Crippen LogP contribution in [0.4, 0.5) is 5.69 Å². The number of aliphatic hydroxyl groups excluding tert-OH is 1. The SMILES string of the molecule is CC(C)NCc1cc(Cl)ccc1N1CC2CCC(O)C2C1. The number of benzene rings is 1. The highest BCUT2D eigenvalue weighted by molar-refractivity contribution is 6.30. The Kier molecular flexibility index (Phi) is 4.43. The van der Waals surface area contributed by atoms with Crippen LogP contribution in [0.15, 0.2) is 18.2 Å². The van der Waals surface area contributed by atoms with Gasteiger partial charge in [-0.2, -0.15) is 0 Å². The number of nitrogens with zero attached hydrogens (tertiary/aromatic N) is 1. The van der Waals surface area contributed by atoms with Gasteiger partial charge in [0.05, 0.1) is 6.10 Å². The highest BCUT2D eigenvalue weighted by Gasteiger charge is 2.42. The van der Waals surface area contributed by atoms with Crippen molar-refractivity contribution in [2.75, 3.05) is 18.0 Å². The van der Waals surface area contributed by atoms with Crippen LogP contribution in [0.1, 0.15) is 32.3 Å². The maximum Gasteiger partial charge on any atom is 0.0588 e. The zero-order valence-electron chi connectivity index (χ0n) is 12.8. The fraction of sp³-hybridized carbons (Fsp3) is 0.647. The van der Waals surface area contributed by atoms with Crippen molar-refractivity contribution in [1.29, 1.82) is 0 Å². The molecule has 0 spiro atoms. The fourth-order valence-corrected chi connectivity index (χ4v) is 3.95. The van der Waals surface area contributed by atoms with Crippen molar-refractivity contribution in [3.05, 3.63) is 28.8 Å². The number of nitrogens with one attached hydrogen (secondary N) is 1. The number of halogens is 1. The molecule has 0 bridgehead atoms. The van der Waals surface area contributed by atoms with Crippen molar-refractivity contribution in [2.24, 2.45) is 11.8 Å². The first-order chi connectivity index (χ1) is 10.0. The van der Waals surface area contributed by atoms with Crippen LogP contribution in [-0.2, 0) is 6.54 Å². The molecule has 4 heteroatoms. The molecule has 1 aliphatic heterocycles. The molecule has 1 aromatic rings. The third kappa shape index (κ3) is 3.20. The first kappa shape index (κ1) is 15.1. The molecule has 116 valence electrons. The van der Waals surface area contributed by atoms with Gasteiger partial charge < -0.3 is 15.3 Å². The smallest absolute Gasteiger partial charge is 0.0588 e. The van der Waals surface area contributed by atoms with Gasteiger partial charge in [-0.3, -0.25) is 0 Å². The molecule has 3 atom stereocenters. The molecule has 3 nitrogen and oxygen atoms in total. The number of rotatable bonds is 4. The quantitative estimate of drug-likeness (QED) is 0.897. The largest absolute Gasteiger partial charge is 0.393 e. The molecule has 1 heterocycles. The predicted octanol–water partition coefficient (Wildman–Crippen LogP) is 3.05. The second-order valence-corrected chi connectivity index (χ2v) is 7.22. The molecule has 2 N–H and O–H groups in total. The molecular formula is C17H25ClN2O. The second kappa shape index (κ2) is 6.15. The van der Waals surface area contributed by atoms with E-state index in [0.717, 1.165) is 37.5 Å². The van der Waals surface area contributed by atoms with E-state index in [2.05, 4.69) is 36.2 Å². The van der Waals surface area contributed by atoms with Gasteiger partial charge in [-0.1, -0.05) is 25.4 Å². The Morgan fingerprint density at radius 3 is 2.86 bits per heavy atom. The molecule has 3 unspecified atom stereocenters. The molecule has 3 rings (SSSR count). The Morgan fingerprint density at radius 1 is 1.33 bits per heavy atom. The van der Waals surface area contributed by atoms with Crippen molar-refractivity contribution >= 4 is 17.3 Å². The van der Waals surface area contributed by atoms with Gasteiger partial charge in [-0.05, 0) is 42.5 Å². The summed E-state index contributed by atoms with van der Waals surface area (Å²) in [6, 6.07) is 6.63. The zero-order valence-corrected chi connectivity index (χ0v) is 13.6. The van der Waals surface area contributed by atoms with Gasteiger partial charge in [0, 0.05) is 42.3 Å². The maximum absolute atomic E-state index is 10.1. The molecule has 1 saturated heterocycles. The molecule has 1 saturated carbocycles. The monoisotopic (exact) mass is 308 g/mol. The first-order valence-electron chi connectivity index (χ1n) is 7.99. The summed E-state index contributed by atoms with van der Waals surface area (Å²) in [7, 11) is 0. The van der Waals surface area contributed by atoms with Gasteiger partial charge in [-0.15, -0.1) is 0 Å².